The summed E-state index contributed by atoms with van der Waals surface area (Å²) < 4.78 is 38.1. The van der Waals surface area contributed by atoms with Crippen molar-refractivity contribution in [1.29, 1.82) is 0 Å². The fraction of sp³-hybridized carbons (Fsp3) is 0.222. The van der Waals surface area contributed by atoms with E-state index >= 15 is 0 Å². The van der Waals surface area contributed by atoms with Gasteiger partial charge in [-0.1, -0.05) is 11.6 Å². The van der Waals surface area contributed by atoms with Crippen molar-refractivity contribution in [3.63, 3.8) is 0 Å². The largest absolute Gasteiger partial charge is 0.418 e. The van der Waals surface area contributed by atoms with E-state index in [1.807, 2.05) is 0 Å². The molecular weight excluding hydrogens is 257 g/mol. The van der Waals surface area contributed by atoms with Crippen LogP contribution in [0.2, 0.25) is 5.02 Å². The lowest BCUT2D eigenvalue weighted by Gasteiger charge is -2.15. The van der Waals surface area contributed by atoms with Gasteiger partial charge in [-0.3, -0.25) is 10.4 Å². The number of nitrogens with zero attached hydrogens (tertiary/aromatic N) is 1. The van der Waals surface area contributed by atoms with Crippen LogP contribution in [-0.2, 0) is 6.18 Å². The van der Waals surface area contributed by atoms with Crippen LogP contribution in [0.3, 0.4) is 0 Å². The third kappa shape index (κ3) is 3.50. The van der Waals surface area contributed by atoms with Gasteiger partial charge in [0, 0.05) is 12.1 Å². The van der Waals surface area contributed by atoms with Crippen LogP contribution >= 0.6 is 11.6 Å². The number of hydrazine groups is 1. The molecule has 0 saturated carbocycles. The highest BCUT2D eigenvalue weighted by molar-refractivity contribution is 6.30. The number of nitrogens with two attached hydrogens (primary N) is 1. The first-order chi connectivity index (χ1) is 7.88. The zero-order valence-corrected chi connectivity index (χ0v) is 9.52. The monoisotopic (exact) mass is 266 g/mol. The number of guanidine groups is 1. The Balaban J connectivity index is 3.16. The molecular formula is C9H10ClF3N4. The second-order valence-corrected chi connectivity index (χ2v) is 3.47. The van der Waals surface area contributed by atoms with Gasteiger partial charge in [-0.15, -0.1) is 0 Å². The van der Waals surface area contributed by atoms with Crippen molar-refractivity contribution in [2.75, 3.05) is 12.4 Å². The van der Waals surface area contributed by atoms with E-state index in [0.717, 1.165) is 6.07 Å². The van der Waals surface area contributed by atoms with Crippen molar-refractivity contribution < 1.29 is 13.2 Å². The molecule has 0 aliphatic carbocycles. The number of benzene rings is 1. The Labute approximate surface area is 101 Å². The molecule has 0 spiro atoms. The van der Waals surface area contributed by atoms with Crippen LogP contribution in [0.5, 0.6) is 0 Å². The minimum atomic E-state index is -4.51. The molecule has 94 valence electrons. The first-order valence-corrected chi connectivity index (χ1v) is 4.83. The summed E-state index contributed by atoms with van der Waals surface area (Å²) in [4.78, 5) is 3.62. The van der Waals surface area contributed by atoms with Crippen LogP contribution < -0.4 is 16.6 Å². The van der Waals surface area contributed by atoms with E-state index in [0.29, 0.717) is 0 Å². The molecule has 0 amide bonds. The molecule has 4 N–H and O–H groups in total. The van der Waals surface area contributed by atoms with Gasteiger partial charge in [0.25, 0.3) is 0 Å². The second-order valence-electron chi connectivity index (χ2n) is 3.03. The third-order valence-electron chi connectivity index (χ3n) is 1.90. The first-order valence-electron chi connectivity index (χ1n) is 4.45. The molecule has 0 aromatic heterocycles. The Bertz CT molecular complexity index is 431. The smallest absolute Gasteiger partial charge is 0.325 e. The summed E-state index contributed by atoms with van der Waals surface area (Å²) in [6.45, 7) is 0. The Morgan fingerprint density at radius 3 is 2.53 bits per heavy atom. The normalized spacial score (nSPS) is 12.5. The van der Waals surface area contributed by atoms with Crippen molar-refractivity contribution in [2.24, 2.45) is 10.8 Å². The summed E-state index contributed by atoms with van der Waals surface area (Å²) in [5, 5.41) is 2.41. The molecule has 0 bridgehead atoms. The molecule has 4 nitrogen and oxygen atoms in total. The number of alkyl halides is 3. The highest BCUT2D eigenvalue weighted by atomic mass is 35.5. The maximum absolute atomic E-state index is 12.7. The Kier molecular flexibility index (Phi) is 4.19. The Morgan fingerprint density at radius 1 is 1.41 bits per heavy atom. The predicted molar refractivity (Wildman–Crippen MR) is 60.8 cm³/mol. The summed E-state index contributed by atoms with van der Waals surface area (Å²) >= 11 is 5.53. The molecule has 0 unspecified atom stereocenters. The SMILES string of the molecule is CN=C(NN)Nc1ccc(Cl)cc1C(F)(F)F. The molecule has 0 aliphatic heterocycles. The quantitative estimate of drug-likeness (QED) is 0.316. The van der Waals surface area contributed by atoms with Crippen LogP contribution in [0.15, 0.2) is 23.2 Å². The summed E-state index contributed by atoms with van der Waals surface area (Å²) in [6, 6.07) is 3.37. The summed E-state index contributed by atoms with van der Waals surface area (Å²) in [7, 11) is 1.38. The minimum absolute atomic E-state index is 0.00132. The maximum Gasteiger partial charge on any atom is 0.418 e. The Hall–Kier alpha value is -1.47. The van der Waals surface area contributed by atoms with E-state index in [1.54, 1.807) is 0 Å². The van der Waals surface area contributed by atoms with Gasteiger partial charge >= 0.3 is 6.18 Å². The lowest BCUT2D eigenvalue weighted by molar-refractivity contribution is -0.136. The van der Waals surface area contributed by atoms with E-state index in [9.17, 15) is 13.2 Å². The molecule has 0 atom stereocenters. The Morgan fingerprint density at radius 2 is 2.06 bits per heavy atom. The van der Waals surface area contributed by atoms with Gasteiger partial charge < -0.3 is 5.32 Å². The summed E-state index contributed by atoms with van der Waals surface area (Å²) in [6.07, 6.45) is -4.51. The van der Waals surface area contributed by atoms with Crippen LogP contribution in [0.25, 0.3) is 0 Å². The number of halogens is 4. The molecule has 0 heterocycles. The lowest BCUT2D eigenvalue weighted by Crippen LogP contribution is -2.36. The highest BCUT2D eigenvalue weighted by Gasteiger charge is 2.34. The zero-order chi connectivity index (χ0) is 13.1. The van der Waals surface area contributed by atoms with Crippen LogP contribution in [0.4, 0.5) is 18.9 Å². The van der Waals surface area contributed by atoms with E-state index in [1.165, 1.54) is 19.2 Å². The van der Waals surface area contributed by atoms with Crippen LogP contribution in [0, 0.1) is 0 Å². The lowest BCUT2D eigenvalue weighted by atomic mass is 10.1. The fourth-order valence-corrected chi connectivity index (χ4v) is 1.32. The number of rotatable bonds is 1. The molecule has 0 aliphatic rings. The zero-order valence-electron chi connectivity index (χ0n) is 8.77. The summed E-state index contributed by atoms with van der Waals surface area (Å²) in [5.74, 6) is 5.08. The number of anilines is 1. The van der Waals surface area contributed by atoms with Gasteiger partial charge in [-0.05, 0) is 18.2 Å². The van der Waals surface area contributed by atoms with Crippen LogP contribution in [0.1, 0.15) is 5.56 Å². The molecule has 1 rings (SSSR count). The predicted octanol–water partition coefficient (Wildman–Crippen LogP) is 2.22. The third-order valence-corrected chi connectivity index (χ3v) is 2.14. The molecule has 1 aromatic rings. The number of hydrogen-bond acceptors (Lipinski definition) is 2. The molecule has 17 heavy (non-hydrogen) atoms. The summed E-state index contributed by atoms with van der Waals surface area (Å²) in [5.41, 5.74) is 1.06. The van der Waals surface area contributed by atoms with E-state index in [4.69, 9.17) is 17.4 Å². The number of aliphatic imine (C=N–C) groups is 1. The molecule has 0 radical (unpaired) electrons. The van der Waals surface area contributed by atoms with Crippen LogP contribution in [-0.4, -0.2) is 13.0 Å². The fourth-order valence-electron chi connectivity index (χ4n) is 1.14. The van der Waals surface area contributed by atoms with Gasteiger partial charge in [-0.2, -0.15) is 13.2 Å². The standard InChI is InChI=1S/C9H10ClF3N4/c1-15-8(17-14)16-7-3-2-5(10)4-6(7)9(11,12)13/h2-4H,14H2,1H3,(H2,15,16,17). The topological polar surface area (TPSA) is 62.4 Å². The average Bonchev–Trinajstić information content (AvgIpc) is 2.26. The van der Waals surface area contributed by atoms with E-state index < -0.39 is 11.7 Å². The molecule has 1 aromatic carbocycles. The van der Waals surface area contributed by atoms with Gasteiger partial charge in [0.2, 0.25) is 5.96 Å². The second kappa shape index (κ2) is 5.24. The van der Waals surface area contributed by atoms with Crippen molar-refractivity contribution >= 4 is 23.2 Å². The number of hydrogen-bond donors (Lipinski definition) is 3. The van der Waals surface area contributed by atoms with Gasteiger partial charge in [0.05, 0.1) is 11.3 Å². The van der Waals surface area contributed by atoms with Crippen molar-refractivity contribution in [3.05, 3.63) is 28.8 Å². The van der Waals surface area contributed by atoms with Gasteiger partial charge in [-0.25, -0.2) is 5.84 Å². The first kappa shape index (κ1) is 13.6. The molecule has 0 saturated heterocycles. The number of nitrogens with one attached hydrogen (secondary N) is 2. The van der Waals surface area contributed by atoms with E-state index in [-0.39, 0.29) is 16.7 Å². The molecule has 8 heteroatoms. The van der Waals surface area contributed by atoms with Gasteiger partial charge in [0.1, 0.15) is 0 Å². The van der Waals surface area contributed by atoms with E-state index in [2.05, 4.69) is 15.7 Å². The highest BCUT2D eigenvalue weighted by Crippen LogP contribution is 2.36. The van der Waals surface area contributed by atoms with Gasteiger partial charge in [0.15, 0.2) is 0 Å². The molecule has 0 fully saturated rings. The van der Waals surface area contributed by atoms with Crippen molar-refractivity contribution in [2.45, 2.75) is 6.18 Å². The average molecular weight is 267 g/mol. The minimum Gasteiger partial charge on any atom is -0.325 e. The van der Waals surface area contributed by atoms with Crippen molar-refractivity contribution in [3.8, 4) is 0 Å². The van der Waals surface area contributed by atoms with Crippen molar-refractivity contribution in [1.82, 2.24) is 5.43 Å². The maximum atomic E-state index is 12.7.